The highest BCUT2D eigenvalue weighted by molar-refractivity contribution is 6.07. The molecule has 0 bridgehead atoms. The molecule has 5 aromatic rings. The Balaban J connectivity index is 1.77. The van der Waals surface area contributed by atoms with Crippen LogP contribution in [0.3, 0.4) is 0 Å². The number of benzene rings is 3. The second kappa shape index (κ2) is 6.14. The summed E-state index contributed by atoms with van der Waals surface area (Å²) in [4.78, 5) is 6.44. The fraction of sp³-hybridized carbons (Fsp3) is 0. The van der Waals surface area contributed by atoms with Gasteiger partial charge in [-0.05, 0) is 24.3 Å². The molecule has 0 saturated carbocycles. The van der Waals surface area contributed by atoms with Crippen LogP contribution in [0, 0.1) is 0 Å². The minimum atomic E-state index is 0.110. The Morgan fingerprint density at radius 2 is 1.26 bits per heavy atom. The number of aromatic amines is 2. The van der Waals surface area contributed by atoms with Gasteiger partial charge in [0.2, 0.25) is 0 Å². The molecule has 0 unspecified atom stereocenters. The molecule has 0 aliphatic heterocycles. The van der Waals surface area contributed by atoms with Gasteiger partial charge in [0, 0.05) is 21.8 Å². The van der Waals surface area contributed by atoms with Crippen LogP contribution in [0.2, 0.25) is 0 Å². The molecule has 0 spiro atoms. The summed E-state index contributed by atoms with van der Waals surface area (Å²) >= 11 is 0. The van der Waals surface area contributed by atoms with E-state index in [2.05, 4.69) is 20.2 Å². The van der Waals surface area contributed by atoms with Crippen molar-refractivity contribution in [1.82, 2.24) is 9.97 Å². The van der Waals surface area contributed by atoms with Crippen LogP contribution in [0.15, 0.2) is 89.1 Å². The molecule has 2 heterocycles. The Morgan fingerprint density at radius 1 is 0.630 bits per heavy atom. The first kappa shape index (κ1) is 15.4. The van der Waals surface area contributed by atoms with Crippen molar-refractivity contribution >= 4 is 33.2 Å². The van der Waals surface area contributed by atoms with Crippen molar-refractivity contribution in [2.75, 3.05) is 0 Å². The highest BCUT2D eigenvalue weighted by atomic mass is 16.3. The van der Waals surface area contributed by atoms with Crippen LogP contribution in [-0.4, -0.2) is 15.1 Å². The summed E-state index contributed by atoms with van der Waals surface area (Å²) in [6.07, 6.45) is 0. The molecule has 5 rings (SSSR count). The topological polar surface area (TPSA) is 76.5 Å². The normalized spacial score (nSPS) is 11.7. The van der Waals surface area contributed by atoms with Gasteiger partial charge in [0.05, 0.1) is 16.9 Å². The van der Waals surface area contributed by atoms with E-state index >= 15 is 0 Å². The molecule has 3 N–H and O–H groups in total. The van der Waals surface area contributed by atoms with Crippen LogP contribution in [-0.2, 0) is 0 Å². The number of azo groups is 1. The van der Waals surface area contributed by atoms with Crippen LogP contribution in [0.4, 0.5) is 11.4 Å². The number of nitrogens with one attached hydrogen (secondary N) is 2. The average molecular weight is 352 g/mol. The van der Waals surface area contributed by atoms with Gasteiger partial charge >= 0.3 is 0 Å². The molecule has 0 aliphatic rings. The minimum Gasteiger partial charge on any atom is -0.494 e. The van der Waals surface area contributed by atoms with Crippen LogP contribution < -0.4 is 0 Å². The Morgan fingerprint density at radius 3 is 2.04 bits per heavy atom. The summed E-state index contributed by atoms with van der Waals surface area (Å²) in [5.41, 5.74) is 4.73. The fourth-order valence-corrected chi connectivity index (χ4v) is 3.40. The molecule has 0 radical (unpaired) electrons. The Kier molecular flexibility index (Phi) is 3.50. The second-order valence-corrected chi connectivity index (χ2v) is 6.32. The van der Waals surface area contributed by atoms with E-state index in [1.807, 2.05) is 78.9 Å². The molecule has 5 nitrogen and oxygen atoms in total. The molecular weight excluding hydrogens is 336 g/mol. The van der Waals surface area contributed by atoms with E-state index in [4.69, 9.17) is 0 Å². The summed E-state index contributed by atoms with van der Waals surface area (Å²) < 4.78 is 0. The van der Waals surface area contributed by atoms with Crippen molar-refractivity contribution in [2.45, 2.75) is 0 Å². The Hall–Kier alpha value is -3.86. The molecule has 3 aromatic carbocycles. The van der Waals surface area contributed by atoms with E-state index in [1.165, 1.54) is 0 Å². The zero-order chi connectivity index (χ0) is 18.2. The lowest BCUT2D eigenvalue weighted by molar-refractivity contribution is 0.460. The van der Waals surface area contributed by atoms with Crippen molar-refractivity contribution in [3.05, 3.63) is 78.9 Å². The van der Waals surface area contributed by atoms with Crippen molar-refractivity contribution in [1.29, 1.82) is 0 Å². The monoisotopic (exact) mass is 352 g/mol. The minimum absolute atomic E-state index is 0.110. The van der Waals surface area contributed by atoms with Crippen molar-refractivity contribution in [2.24, 2.45) is 10.2 Å². The SMILES string of the molecule is Oc1[nH]c2ccccc2c1-c1[nH]c2ccccc2c1N=Nc1ccccc1. The lowest BCUT2D eigenvalue weighted by Gasteiger charge is -2.00. The lowest BCUT2D eigenvalue weighted by Crippen LogP contribution is -1.77. The number of para-hydroxylation sites is 2. The highest BCUT2D eigenvalue weighted by Gasteiger charge is 2.20. The zero-order valence-corrected chi connectivity index (χ0v) is 14.3. The van der Waals surface area contributed by atoms with Gasteiger partial charge in [-0.1, -0.05) is 54.6 Å². The quantitative estimate of drug-likeness (QED) is 0.321. The van der Waals surface area contributed by atoms with Crippen LogP contribution in [0.1, 0.15) is 0 Å². The van der Waals surface area contributed by atoms with E-state index < -0.39 is 0 Å². The van der Waals surface area contributed by atoms with Gasteiger partial charge in [-0.3, -0.25) is 0 Å². The number of fused-ring (bicyclic) bond motifs is 2. The predicted octanol–water partition coefficient (Wildman–Crippen LogP) is 6.44. The molecule has 5 heteroatoms. The molecule has 27 heavy (non-hydrogen) atoms. The number of hydrogen-bond acceptors (Lipinski definition) is 3. The summed E-state index contributed by atoms with van der Waals surface area (Å²) in [5, 5.41) is 21.4. The predicted molar refractivity (Wildman–Crippen MR) is 108 cm³/mol. The number of rotatable bonds is 3. The number of hydrogen-bond donors (Lipinski definition) is 3. The fourth-order valence-electron chi connectivity index (χ4n) is 3.40. The van der Waals surface area contributed by atoms with Gasteiger partial charge in [0.1, 0.15) is 5.69 Å². The Labute approximate surface area is 155 Å². The van der Waals surface area contributed by atoms with Crippen molar-refractivity contribution in [3.8, 4) is 17.1 Å². The van der Waals surface area contributed by atoms with Gasteiger partial charge in [-0.2, -0.15) is 5.11 Å². The molecule has 0 amide bonds. The maximum absolute atomic E-state index is 10.6. The number of nitrogens with zero attached hydrogens (tertiary/aromatic N) is 2. The van der Waals surface area contributed by atoms with Crippen molar-refractivity contribution < 1.29 is 5.11 Å². The van der Waals surface area contributed by atoms with Crippen LogP contribution >= 0.6 is 0 Å². The third-order valence-corrected chi connectivity index (χ3v) is 4.64. The average Bonchev–Trinajstić information content (AvgIpc) is 3.23. The van der Waals surface area contributed by atoms with Crippen LogP contribution in [0.5, 0.6) is 5.88 Å². The third kappa shape index (κ3) is 2.57. The number of H-pyrrole nitrogens is 2. The summed E-state index contributed by atoms with van der Waals surface area (Å²) in [6, 6.07) is 25.3. The highest BCUT2D eigenvalue weighted by Crippen LogP contribution is 2.44. The molecule has 0 saturated heterocycles. The summed E-state index contributed by atoms with van der Waals surface area (Å²) in [7, 11) is 0. The van der Waals surface area contributed by atoms with E-state index in [9.17, 15) is 5.11 Å². The van der Waals surface area contributed by atoms with Gasteiger partial charge < -0.3 is 15.1 Å². The van der Waals surface area contributed by atoms with Gasteiger partial charge in [0.25, 0.3) is 0 Å². The first-order valence-corrected chi connectivity index (χ1v) is 8.69. The standard InChI is InChI=1S/C22H16N4O/c27-22-19(15-10-4-6-12-17(15)24-22)21-20(16-11-5-7-13-18(16)23-21)26-25-14-8-2-1-3-9-14/h1-13,23-24,27H. The van der Waals surface area contributed by atoms with Crippen molar-refractivity contribution in [3.63, 3.8) is 0 Å². The number of aromatic nitrogens is 2. The Bertz CT molecular complexity index is 1280. The molecule has 130 valence electrons. The first-order valence-electron chi connectivity index (χ1n) is 8.69. The maximum atomic E-state index is 10.6. The molecular formula is C22H16N4O. The van der Waals surface area contributed by atoms with E-state index in [0.29, 0.717) is 11.3 Å². The lowest BCUT2D eigenvalue weighted by atomic mass is 10.1. The second-order valence-electron chi connectivity index (χ2n) is 6.32. The summed E-state index contributed by atoms with van der Waals surface area (Å²) in [6.45, 7) is 0. The third-order valence-electron chi connectivity index (χ3n) is 4.64. The number of aromatic hydroxyl groups is 1. The molecule has 0 atom stereocenters. The van der Waals surface area contributed by atoms with E-state index in [1.54, 1.807) is 0 Å². The smallest absolute Gasteiger partial charge is 0.199 e. The first-order chi connectivity index (χ1) is 13.3. The molecule has 0 fully saturated rings. The zero-order valence-electron chi connectivity index (χ0n) is 14.3. The molecule has 0 aliphatic carbocycles. The maximum Gasteiger partial charge on any atom is 0.199 e. The van der Waals surface area contributed by atoms with Gasteiger partial charge in [-0.25, -0.2) is 0 Å². The van der Waals surface area contributed by atoms with E-state index in [0.717, 1.165) is 33.2 Å². The van der Waals surface area contributed by atoms with E-state index in [-0.39, 0.29) is 5.88 Å². The van der Waals surface area contributed by atoms with Gasteiger partial charge in [-0.15, -0.1) is 5.11 Å². The largest absolute Gasteiger partial charge is 0.494 e. The van der Waals surface area contributed by atoms with Gasteiger partial charge in [0.15, 0.2) is 5.88 Å². The molecule has 2 aromatic heterocycles. The van der Waals surface area contributed by atoms with Crippen LogP contribution in [0.25, 0.3) is 33.1 Å². The summed E-state index contributed by atoms with van der Waals surface area (Å²) in [5.74, 6) is 0.110.